The number of unbranched alkanes of at least 4 members (excludes halogenated alkanes) is 1. The summed E-state index contributed by atoms with van der Waals surface area (Å²) < 4.78 is 1.90. The molecule has 1 N–H and O–H groups in total. The van der Waals surface area contributed by atoms with Gasteiger partial charge in [0.25, 0.3) is 0 Å². The fraction of sp³-hybridized carbons (Fsp3) is 0.423. The Labute approximate surface area is 204 Å². The van der Waals surface area contributed by atoms with Gasteiger partial charge in [0.2, 0.25) is 11.6 Å². The normalized spacial score (nSPS) is 14.3. The van der Waals surface area contributed by atoms with Gasteiger partial charge >= 0.3 is 0 Å². The molecule has 0 unspecified atom stereocenters. The number of nitrogens with one attached hydrogen (secondary N) is 1. The lowest BCUT2D eigenvalue weighted by Gasteiger charge is -2.18. The van der Waals surface area contributed by atoms with E-state index in [9.17, 15) is 4.79 Å². The number of tetrazole rings is 1. The van der Waals surface area contributed by atoms with Gasteiger partial charge in [-0.1, -0.05) is 62.9 Å². The number of ketones is 1. The highest BCUT2D eigenvalue weighted by atomic mass is 16.1. The smallest absolute Gasteiger partial charge is 0.217 e. The number of carbonyl (C=O) groups excluding carboxylic acids is 1. The fourth-order valence-corrected chi connectivity index (χ4v) is 4.71. The standard InChI is InChI=1S/C26H30N8O/c1-2-3-15-34-23(28-26(31-34)24(35)18-9-5-4-6-10-18)16-20-14-13-19(17-27-20)21-11-7-8-12-22(21)25-29-32-33-30-25/h7-8,11-14,17-18H,2-6,9-10,15-16H2,1H3,(H,29,30,32,33). The van der Waals surface area contributed by atoms with Gasteiger partial charge in [0, 0.05) is 41.9 Å². The first-order chi connectivity index (χ1) is 17.2. The van der Waals surface area contributed by atoms with Crippen LogP contribution < -0.4 is 0 Å². The minimum Gasteiger partial charge on any atom is -0.290 e. The van der Waals surface area contributed by atoms with Gasteiger partial charge in [0.05, 0.1) is 0 Å². The monoisotopic (exact) mass is 470 g/mol. The largest absolute Gasteiger partial charge is 0.290 e. The molecule has 0 aliphatic heterocycles. The summed E-state index contributed by atoms with van der Waals surface area (Å²) in [6, 6.07) is 12.0. The van der Waals surface area contributed by atoms with Crippen LogP contribution in [0, 0.1) is 5.92 Å². The third-order valence-corrected chi connectivity index (χ3v) is 6.67. The van der Waals surface area contributed by atoms with E-state index < -0.39 is 0 Å². The maximum absolute atomic E-state index is 13.1. The van der Waals surface area contributed by atoms with Crippen LogP contribution in [0.3, 0.4) is 0 Å². The van der Waals surface area contributed by atoms with Crippen molar-refractivity contribution in [2.45, 2.75) is 64.8 Å². The van der Waals surface area contributed by atoms with Crippen LogP contribution in [0.2, 0.25) is 0 Å². The molecule has 1 saturated carbocycles. The predicted octanol–water partition coefficient (Wildman–Crippen LogP) is 4.67. The van der Waals surface area contributed by atoms with Gasteiger partial charge in [-0.05, 0) is 41.3 Å². The number of H-pyrrole nitrogens is 1. The van der Waals surface area contributed by atoms with E-state index in [1.54, 1.807) is 0 Å². The van der Waals surface area contributed by atoms with Crippen LogP contribution in [-0.2, 0) is 13.0 Å². The molecule has 0 amide bonds. The molecule has 180 valence electrons. The first-order valence-electron chi connectivity index (χ1n) is 12.5. The molecule has 0 saturated heterocycles. The zero-order chi connectivity index (χ0) is 24.0. The molecule has 1 aliphatic rings. The molecule has 9 nitrogen and oxygen atoms in total. The van der Waals surface area contributed by atoms with Crippen molar-refractivity contribution in [3.63, 3.8) is 0 Å². The lowest BCUT2D eigenvalue weighted by molar-refractivity contribution is 0.0878. The molecule has 1 aliphatic carbocycles. The van der Waals surface area contributed by atoms with Crippen molar-refractivity contribution in [3.05, 3.63) is 59.9 Å². The third kappa shape index (κ3) is 5.18. The molecule has 4 aromatic rings. The summed E-state index contributed by atoms with van der Waals surface area (Å²) in [4.78, 5) is 22.5. The van der Waals surface area contributed by atoms with Gasteiger partial charge in [-0.25, -0.2) is 14.8 Å². The number of rotatable bonds is 9. The Bertz CT molecular complexity index is 1260. The number of benzene rings is 1. The number of pyridine rings is 1. The minimum atomic E-state index is 0.0654. The first-order valence-corrected chi connectivity index (χ1v) is 12.5. The highest BCUT2D eigenvalue weighted by Gasteiger charge is 2.26. The fourth-order valence-electron chi connectivity index (χ4n) is 4.71. The van der Waals surface area contributed by atoms with Gasteiger partial charge in [-0.2, -0.15) is 0 Å². The summed E-state index contributed by atoms with van der Waals surface area (Å²) in [6.45, 7) is 2.91. The second-order valence-electron chi connectivity index (χ2n) is 9.14. The lowest BCUT2D eigenvalue weighted by atomic mass is 9.86. The Hall–Kier alpha value is -3.75. The molecular weight excluding hydrogens is 440 g/mol. The van der Waals surface area contributed by atoms with Gasteiger partial charge in [0.1, 0.15) is 5.82 Å². The van der Waals surface area contributed by atoms with Crippen LogP contribution in [0.5, 0.6) is 0 Å². The van der Waals surface area contributed by atoms with Crippen LogP contribution in [0.25, 0.3) is 22.5 Å². The van der Waals surface area contributed by atoms with Crippen molar-refractivity contribution in [2.24, 2.45) is 5.92 Å². The molecule has 1 fully saturated rings. The number of carbonyl (C=O) groups is 1. The summed E-state index contributed by atoms with van der Waals surface area (Å²) in [5.41, 5.74) is 3.77. The van der Waals surface area contributed by atoms with E-state index in [4.69, 9.17) is 9.97 Å². The average molecular weight is 471 g/mol. The first kappa shape index (κ1) is 23.0. The van der Waals surface area contributed by atoms with E-state index in [1.165, 1.54) is 6.42 Å². The van der Waals surface area contributed by atoms with E-state index in [0.717, 1.165) is 73.3 Å². The molecule has 5 rings (SSSR count). The van der Waals surface area contributed by atoms with Crippen molar-refractivity contribution in [3.8, 4) is 22.5 Å². The molecule has 0 atom stereocenters. The predicted molar refractivity (Wildman–Crippen MR) is 131 cm³/mol. The number of aromatic amines is 1. The second-order valence-corrected chi connectivity index (χ2v) is 9.14. The Balaban J connectivity index is 1.37. The Morgan fingerprint density at radius 3 is 2.63 bits per heavy atom. The van der Waals surface area contributed by atoms with Gasteiger partial charge in [0.15, 0.2) is 5.82 Å². The van der Waals surface area contributed by atoms with E-state index in [2.05, 4.69) is 32.6 Å². The van der Waals surface area contributed by atoms with Crippen LogP contribution in [0.4, 0.5) is 0 Å². The SMILES string of the molecule is CCCCn1nc(C(=O)C2CCCCC2)nc1Cc1ccc(-c2ccccc2-c2nnn[nH]2)cn1. The Morgan fingerprint density at radius 2 is 1.91 bits per heavy atom. The number of aromatic nitrogens is 8. The molecule has 1 aromatic carbocycles. The molecule has 0 spiro atoms. The number of Topliss-reactive ketones (excluding diaryl/α,β-unsaturated/α-hetero) is 1. The summed E-state index contributed by atoms with van der Waals surface area (Å²) in [5.74, 6) is 1.95. The molecule has 3 heterocycles. The Morgan fingerprint density at radius 1 is 1.09 bits per heavy atom. The van der Waals surface area contributed by atoms with Crippen molar-refractivity contribution in [2.75, 3.05) is 0 Å². The number of nitrogens with zero attached hydrogens (tertiary/aromatic N) is 7. The van der Waals surface area contributed by atoms with E-state index >= 15 is 0 Å². The lowest BCUT2D eigenvalue weighted by Crippen LogP contribution is -2.19. The van der Waals surface area contributed by atoms with Crippen molar-refractivity contribution in [1.29, 1.82) is 0 Å². The quantitative estimate of drug-likeness (QED) is 0.353. The zero-order valence-corrected chi connectivity index (χ0v) is 20.0. The summed E-state index contributed by atoms with van der Waals surface area (Å²) in [7, 11) is 0. The van der Waals surface area contributed by atoms with Crippen molar-refractivity contribution >= 4 is 5.78 Å². The molecule has 9 heteroatoms. The van der Waals surface area contributed by atoms with Gasteiger partial charge < -0.3 is 0 Å². The maximum Gasteiger partial charge on any atom is 0.217 e. The summed E-state index contributed by atoms with van der Waals surface area (Å²) in [5, 5.41) is 18.9. The van der Waals surface area contributed by atoms with Crippen molar-refractivity contribution in [1.82, 2.24) is 40.4 Å². The van der Waals surface area contributed by atoms with Crippen LogP contribution in [0.1, 0.15) is 74.0 Å². The zero-order valence-electron chi connectivity index (χ0n) is 20.0. The molecular formula is C26H30N8O. The summed E-state index contributed by atoms with van der Waals surface area (Å²) >= 11 is 0. The third-order valence-electron chi connectivity index (χ3n) is 6.67. The van der Waals surface area contributed by atoms with Crippen LogP contribution in [-0.4, -0.2) is 46.2 Å². The highest BCUT2D eigenvalue weighted by molar-refractivity contribution is 5.94. The minimum absolute atomic E-state index is 0.0654. The molecule has 0 bridgehead atoms. The number of hydrogen-bond acceptors (Lipinski definition) is 7. The van der Waals surface area contributed by atoms with Crippen LogP contribution in [0.15, 0.2) is 42.6 Å². The average Bonchev–Trinajstić information content (AvgIpc) is 3.59. The number of aryl methyl sites for hydroxylation is 1. The second kappa shape index (κ2) is 10.7. The highest BCUT2D eigenvalue weighted by Crippen LogP contribution is 2.29. The van der Waals surface area contributed by atoms with Gasteiger partial charge in [-0.15, -0.1) is 10.2 Å². The molecule has 0 radical (unpaired) electrons. The maximum atomic E-state index is 13.1. The Kier molecular flexibility index (Phi) is 7.02. The van der Waals surface area contributed by atoms with E-state index in [-0.39, 0.29) is 11.7 Å². The van der Waals surface area contributed by atoms with E-state index in [1.807, 2.05) is 47.3 Å². The van der Waals surface area contributed by atoms with Gasteiger partial charge in [-0.3, -0.25) is 9.78 Å². The topological polar surface area (TPSA) is 115 Å². The number of hydrogen-bond donors (Lipinski definition) is 1. The molecule has 35 heavy (non-hydrogen) atoms. The van der Waals surface area contributed by atoms with E-state index in [0.29, 0.717) is 18.1 Å². The van der Waals surface area contributed by atoms with Crippen molar-refractivity contribution < 1.29 is 4.79 Å². The summed E-state index contributed by atoms with van der Waals surface area (Å²) in [6.07, 6.45) is 9.79. The van der Waals surface area contributed by atoms with Crippen LogP contribution >= 0.6 is 0 Å². The molecule has 3 aromatic heterocycles.